The Morgan fingerprint density at radius 2 is 2.19 bits per heavy atom. The zero-order chi connectivity index (χ0) is 15.1. The van der Waals surface area contributed by atoms with Crippen LogP contribution in [0.1, 0.15) is 16.9 Å². The number of nitrogens with zero attached hydrogens (tertiary/aromatic N) is 3. The van der Waals surface area contributed by atoms with Crippen LogP contribution in [-0.4, -0.2) is 50.7 Å². The molecule has 1 aromatic carbocycles. The highest BCUT2D eigenvalue weighted by Gasteiger charge is 2.16. The Bertz CT molecular complexity index is 573. The predicted molar refractivity (Wildman–Crippen MR) is 82.7 cm³/mol. The number of hydrogen-bond donors (Lipinski definition) is 2. The standard InChI is InChI=1S/C14H18N4O2S/c1-21-8-7-11(10-19)15-14(20)13-9-18(17-16-13)12-5-3-2-4-6-12/h2-6,9,11,19H,7-8,10H2,1H3,(H,15,20)/t11-/m0/s1. The van der Waals surface area contributed by atoms with E-state index in [1.165, 1.54) is 0 Å². The van der Waals surface area contributed by atoms with Gasteiger partial charge in [-0.25, -0.2) is 4.68 Å². The number of rotatable bonds is 7. The third kappa shape index (κ3) is 4.30. The summed E-state index contributed by atoms with van der Waals surface area (Å²) in [5.74, 6) is 0.555. The molecule has 0 saturated carbocycles. The number of carbonyl (C=O) groups is 1. The van der Waals surface area contributed by atoms with Gasteiger partial charge in [-0.2, -0.15) is 11.8 Å². The molecule has 2 aromatic rings. The summed E-state index contributed by atoms with van der Waals surface area (Å²) < 4.78 is 1.55. The van der Waals surface area contributed by atoms with Crippen LogP contribution >= 0.6 is 11.8 Å². The van der Waals surface area contributed by atoms with E-state index in [-0.39, 0.29) is 24.2 Å². The van der Waals surface area contributed by atoms with Gasteiger partial charge in [0.25, 0.3) is 5.91 Å². The zero-order valence-corrected chi connectivity index (χ0v) is 12.6. The smallest absolute Gasteiger partial charge is 0.273 e. The van der Waals surface area contributed by atoms with Crippen LogP contribution in [0.5, 0.6) is 0 Å². The molecule has 1 heterocycles. The quantitative estimate of drug-likeness (QED) is 0.801. The molecule has 7 heteroatoms. The number of hydrogen-bond acceptors (Lipinski definition) is 5. The summed E-state index contributed by atoms with van der Waals surface area (Å²) in [6.07, 6.45) is 4.28. The fourth-order valence-corrected chi connectivity index (χ4v) is 2.32. The van der Waals surface area contributed by atoms with Crippen LogP contribution in [0, 0.1) is 0 Å². The van der Waals surface area contributed by atoms with Gasteiger partial charge in [0.05, 0.1) is 24.5 Å². The molecule has 1 atom stereocenters. The number of aliphatic hydroxyl groups excluding tert-OH is 1. The highest BCUT2D eigenvalue weighted by molar-refractivity contribution is 7.98. The first-order valence-corrected chi connectivity index (χ1v) is 8.02. The van der Waals surface area contributed by atoms with Crippen molar-refractivity contribution >= 4 is 17.7 Å². The average molecular weight is 306 g/mol. The van der Waals surface area contributed by atoms with Crippen molar-refractivity contribution in [3.63, 3.8) is 0 Å². The number of carbonyl (C=O) groups excluding carboxylic acids is 1. The van der Waals surface area contributed by atoms with Gasteiger partial charge >= 0.3 is 0 Å². The van der Waals surface area contributed by atoms with Gasteiger partial charge in [0, 0.05) is 0 Å². The number of thioether (sulfide) groups is 1. The minimum atomic E-state index is -0.322. The Kier molecular flexibility index (Phi) is 5.77. The van der Waals surface area contributed by atoms with Crippen LogP contribution in [0.3, 0.4) is 0 Å². The lowest BCUT2D eigenvalue weighted by atomic mass is 10.2. The maximum atomic E-state index is 12.1. The molecule has 6 nitrogen and oxygen atoms in total. The normalized spacial score (nSPS) is 12.1. The van der Waals surface area contributed by atoms with Gasteiger partial charge in [-0.3, -0.25) is 4.79 Å². The first kappa shape index (κ1) is 15.5. The number of aromatic nitrogens is 3. The van der Waals surface area contributed by atoms with Crippen molar-refractivity contribution < 1.29 is 9.90 Å². The number of benzene rings is 1. The number of para-hydroxylation sites is 1. The molecule has 0 fully saturated rings. The average Bonchev–Trinajstić information content (AvgIpc) is 3.02. The van der Waals surface area contributed by atoms with E-state index >= 15 is 0 Å². The molecule has 0 unspecified atom stereocenters. The molecule has 0 saturated heterocycles. The third-order valence-electron chi connectivity index (χ3n) is 2.97. The summed E-state index contributed by atoms with van der Waals surface area (Å²) in [4.78, 5) is 12.1. The fourth-order valence-electron chi connectivity index (χ4n) is 1.80. The SMILES string of the molecule is CSCC[C@@H](CO)NC(=O)c1cn(-c2ccccc2)nn1. The van der Waals surface area contributed by atoms with Crippen LogP contribution in [0.2, 0.25) is 0 Å². The van der Waals surface area contributed by atoms with E-state index in [0.29, 0.717) is 0 Å². The topological polar surface area (TPSA) is 80.0 Å². The number of nitrogens with one attached hydrogen (secondary N) is 1. The van der Waals surface area contributed by atoms with E-state index in [4.69, 9.17) is 0 Å². The lowest BCUT2D eigenvalue weighted by molar-refractivity contribution is 0.0910. The van der Waals surface area contributed by atoms with E-state index in [2.05, 4.69) is 15.6 Å². The van der Waals surface area contributed by atoms with Crippen LogP contribution in [0.25, 0.3) is 5.69 Å². The van der Waals surface area contributed by atoms with Gasteiger partial charge in [0.15, 0.2) is 5.69 Å². The zero-order valence-electron chi connectivity index (χ0n) is 11.8. The minimum absolute atomic E-state index is 0.0842. The Labute approximate surface area is 127 Å². The highest BCUT2D eigenvalue weighted by atomic mass is 32.2. The monoisotopic (exact) mass is 306 g/mol. The molecule has 0 radical (unpaired) electrons. The summed E-state index contributed by atoms with van der Waals surface area (Å²) in [6.45, 7) is -0.0842. The second-order valence-electron chi connectivity index (χ2n) is 4.52. The molecule has 2 rings (SSSR count). The van der Waals surface area contributed by atoms with Crippen molar-refractivity contribution in [2.45, 2.75) is 12.5 Å². The minimum Gasteiger partial charge on any atom is -0.394 e. The van der Waals surface area contributed by atoms with E-state index in [1.54, 1.807) is 22.6 Å². The second kappa shape index (κ2) is 7.80. The summed E-state index contributed by atoms with van der Waals surface area (Å²) in [6, 6.07) is 9.19. The van der Waals surface area contributed by atoms with E-state index in [1.807, 2.05) is 36.6 Å². The van der Waals surface area contributed by atoms with Crippen molar-refractivity contribution in [3.05, 3.63) is 42.2 Å². The highest BCUT2D eigenvalue weighted by Crippen LogP contribution is 2.06. The molecule has 0 aliphatic rings. The van der Waals surface area contributed by atoms with Gasteiger partial charge in [0.2, 0.25) is 0 Å². The summed E-state index contributed by atoms with van der Waals surface area (Å²) >= 11 is 1.68. The molecule has 0 aliphatic heterocycles. The molecule has 1 aromatic heterocycles. The number of amides is 1. The molecule has 0 bridgehead atoms. The number of aliphatic hydroxyl groups is 1. The molecule has 0 spiro atoms. The van der Waals surface area contributed by atoms with E-state index < -0.39 is 0 Å². The molecule has 21 heavy (non-hydrogen) atoms. The summed E-state index contributed by atoms with van der Waals surface area (Å²) in [5.41, 5.74) is 1.08. The molecule has 2 N–H and O–H groups in total. The Morgan fingerprint density at radius 1 is 1.43 bits per heavy atom. The van der Waals surface area contributed by atoms with Gasteiger partial charge in [0.1, 0.15) is 0 Å². The van der Waals surface area contributed by atoms with Gasteiger partial charge in [-0.1, -0.05) is 23.4 Å². The lowest BCUT2D eigenvalue weighted by Gasteiger charge is -2.14. The van der Waals surface area contributed by atoms with Crippen LogP contribution in [0.4, 0.5) is 0 Å². The van der Waals surface area contributed by atoms with Crippen LogP contribution in [0.15, 0.2) is 36.5 Å². The van der Waals surface area contributed by atoms with Crippen molar-refractivity contribution in [2.24, 2.45) is 0 Å². The van der Waals surface area contributed by atoms with Crippen molar-refractivity contribution in [1.29, 1.82) is 0 Å². The fraction of sp³-hybridized carbons (Fsp3) is 0.357. The lowest BCUT2D eigenvalue weighted by Crippen LogP contribution is -2.38. The Balaban J connectivity index is 2.02. The second-order valence-corrected chi connectivity index (χ2v) is 5.50. The van der Waals surface area contributed by atoms with Crippen LogP contribution < -0.4 is 5.32 Å². The van der Waals surface area contributed by atoms with Crippen molar-refractivity contribution in [2.75, 3.05) is 18.6 Å². The van der Waals surface area contributed by atoms with Crippen molar-refractivity contribution in [3.8, 4) is 5.69 Å². The van der Waals surface area contributed by atoms with Crippen molar-refractivity contribution in [1.82, 2.24) is 20.3 Å². The largest absolute Gasteiger partial charge is 0.394 e. The summed E-state index contributed by atoms with van der Waals surface area (Å²) in [7, 11) is 0. The molecule has 1 amide bonds. The van der Waals surface area contributed by atoms with E-state index in [0.717, 1.165) is 17.9 Å². The Morgan fingerprint density at radius 3 is 2.86 bits per heavy atom. The van der Waals surface area contributed by atoms with Gasteiger partial charge in [-0.05, 0) is 30.6 Å². The summed E-state index contributed by atoms with van der Waals surface area (Å²) in [5, 5.41) is 19.8. The Hall–Kier alpha value is -1.86. The maximum absolute atomic E-state index is 12.1. The van der Waals surface area contributed by atoms with Gasteiger partial charge < -0.3 is 10.4 Å². The first-order chi connectivity index (χ1) is 10.2. The van der Waals surface area contributed by atoms with Crippen LogP contribution in [-0.2, 0) is 0 Å². The molecule has 0 aliphatic carbocycles. The van der Waals surface area contributed by atoms with E-state index in [9.17, 15) is 9.90 Å². The molecular weight excluding hydrogens is 288 g/mol. The molecular formula is C14H18N4O2S. The molecule has 112 valence electrons. The predicted octanol–water partition coefficient (Wildman–Crippen LogP) is 1.11. The maximum Gasteiger partial charge on any atom is 0.273 e. The first-order valence-electron chi connectivity index (χ1n) is 6.63. The third-order valence-corrected chi connectivity index (χ3v) is 3.62. The van der Waals surface area contributed by atoms with Gasteiger partial charge in [-0.15, -0.1) is 5.10 Å².